The van der Waals surface area contributed by atoms with Gasteiger partial charge >= 0.3 is 0 Å². The predicted molar refractivity (Wildman–Crippen MR) is 79.5 cm³/mol. The summed E-state index contributed by atoms with van der Waals surface area (Å²) in [5, 5.41) is 10.7. The lowest BCUT2D eigenvalue weighted by Crippen LogP contribution is -2.47. The van der Waals surface area contributed by atoms with Crippen molar-refractivity contribution in [3.05, 3.63) is 39.9 Å². The normalized spacial score (nSPS) is 24.0. The van der Waals surface area contributed by atoms with E-state index in [0.29, 0.717) is 5.92 Å². The molecule has 20 heavy (non-hydrogen) atoms. The minimum Gasteiger partial charge on any atom is -0.326 e. The summed E-state index contributed by atoms with van der Waals surface area (Å²) < 4.78 is 0. The molecule has 2 N–H and O–H groups in total. The van der Waals surface area contributed by atoms with Gasteiger partial charge in [-0.15, -0.1) is 0 Å². The number of hydrogen-bond acceptors (Lipinski definition) is 4. The van der Waals surface area contributed by atoms with Gasteiger partial charge in [-0.05, 0) is 30.9 Å². The number of piperidine rings is 1. The first kappa shape index (κ1) is 14.9. The van der Waals surface area contributed by atoms with Crippen molar-refractivity contribution in [2.75, 3.05) is 13.1 Å². The number of nitro groups is 1. The first-order valence-corrected chi connectivity index (χ1v) is 7.23. The second-order valence-electron chi connectivity index (χ2n) is 5.99. The molecule has 0 bridgehead atoms. The van der Waals surface area contributed by atoms with E-state index in [0.717, 1.165) is 31.5 Å². The highest BCUT2D eigenvalue weighted by Crippen LogP contribution is 2.31. The molecule has 0 aromatic heterocycles. The standard InChI is InChI=1S/C15H23N3O2/c1-11(2)10-17-9-3-4-14(16)15(17)12-5-7-13(8-6-12)18(19)20/h5-8,11,14-15H,3-4,9-10,16H2,1-2H3. The summed E-state index contributed by atoms with van der Waals surface area (Å²) in [7, 11) is 0. The van der Waals surface area contributed by atoms with Gasteiger partial charge in [-0.1, -0.05) is 26.0 Å². The summed E-state index contributed by atoms with van der Waals surface area (Å²) in [4.78, 5) is 12.8. The van der Waals surface area contributed by atoms with Gasteiger partial charge in [0.1, 0.15) is 0 Å². The number of hydrogen-bond donors (Lipinski definition) is 1. The molecule has 5 nitrogen and oxygen atoms in total. The van der Waals surface area contributed by atoms with Gasteiger partial charge in [0.2, 0.25) is 0 Å². The van der Waals surface area contributed by atoms with E-state index in [1.165, 1.54) is 0 Å². The minimum absolute atomic E-state index is 0.101. The maximum atomic E-state index is 10.7. The lowest BCUT2D eigenvalue weighted by molar-refractivity contribution is -0.384. The Bertz CT molecular complexity index is 459. The average Bonchev–Trinajstić information content (AvgIpc) is 2.38. The monoisotopic (exact) mass is 277 g/mol. The van der Waals surface area contributed by atoms with Gasteiger partial charge in [0.15, 0.2) is 0 Å². The van der Waals surface area contributed by atoms with Crippen LogP contribution in [0.3, 0.4) is 0 Å². The Kier molecular flexibility index (Phi) is 4.73. The third-order valence-corrected chi connectivity index (χ3v) is 3.83. The molecule has 2 rings (SSSR count). The van der Waals surface area contributed by atoms with E-state index >= 15 is 0 Å². The second kappa shape index (κ2) is 6.33. The van der Waals surface area contributed by atoms with E-state index in [9.17, 15) is 10.1 Å². The summed E-state index contributed by atoms with van der Waals surface area (Å²) in [6, 6.07) is 7.12. The zero-order valence-electron chi connectivity index (χ0n) is 12.2. The highest BCUT2D eigenvalue weighted by atomic mass is 16.6. The number of benzene rings is 1. The topological polar surface area (TPSA) is 72.4 Å². The van der Waals surface area contributed by atoms with Crippen molar-refractivity contribution in [3.8, 4) is 0 Å². The number of nitrogens with two attached hydrogens (primary N) is 1. The van der Waals surface area contributed by atoms with Crippen LogP contribution in [0.5, 0.6) is 0 Å². The Morgan fingerprint density at radius 3 is 2.60 bits per heavy atom. The zero-order chi connectivity index (χ0) is 14.7. The van der Waals surface area contributed by atoms with Gasteiger partial charge in [0, 0.05) is 30.8 Å². The van der Waals surface area contributed by atoms with Crippen molar-refractivity contribution in [1.29, 1.82) is 0 Å². The molecule has 1 heterocycles. The van der Waals surface area contributed by atoms with Crippen LogP contribution in [-0.4, -0.2) is 29.0 Å². The van der Waals surface area contributed by atoms with Crippen molar-refractivity contribution in [1.82, 2.24) is 4.90 Å². The average molecular weight is 277 g/mol. The molecule has 1 aliphatic rings. The van der Waals surface area contributed by atoms with Crippen molar-refractivity contribution >= 4 is 5.69 Å². The summed E-state index contributed by atoms with van der Waals surface area (Å²) >= 11 is 0. The quantitative estimate of drug-likeness (QED) is 0.678. The largest absolute Gasteiger partial charge is 0.326 e. The molecule has 0 amide bonds. The molecule has 1 fully saturated rings. The van der Waals surface area contributed by atoms with Gasteiger partial charge < -0.3 is 5.73 Å². The van der Waals surface area contributed by atoms with Crippen molar-refractivity contribution < 1.29 is 4.92 Å². The third-order valence-electron chi connectivity index (χ3n) is 3.83. The van der Waals surface area contributed by atoms with Crippen molar-refractivity contribution in [2.24, 2.45) is 11.7 Å². The number of likely N-dealkylation sites (tertiary alicyclic amines) is 1. The van der Waals surface area contributed by atoms with Gasteiger partial charge in [0.05, 0.1) is 4.92 Å². The maximum Gasteiger partial charge on any atom is 0.269 e. The molecule has 1 saturated heterocycles. The fourth-order valence-corrected chi connectivity index (χ4v) is 3.02. The number of rotatable bonds is 4. The lowest BCUT2D eigenvalue weighted by Gasteiger charge is -2.41. The number of non-ortho nitro benzene ring substituents is 1. The molecule has 0 spiro atoms. The molecule has 1 aromatic carbocycles. The summed E-state index contributed by atoms with van der Waals surface area (Å²) in [5.41, 5.74) is 7.52. The molecule has 1 aliphatic heterocycles. The zero-order valence-corrected chi connectivity index (χ0v) is 12.2. The van der Waals surface area contributed by atoms with Gasteiger partial charge in [-0.25, -0.2) is 0 Å². The van der Waals surface area contributed by atoms with Crippen LogP contribution in [0.4, 0.5) is 5.69 Å². The van der Waals surface area contributed by atoms with Crippen LogP contribution in [0.1, 0.15) is 38.3 Å². The Labute approximate surface area is 119 Å². The van der Waals surface area contributed by atoms with Crippen molar-refractivity contribution in [2.45, 2.75) is 38.8 Å². The van der Waals surface area contributed by atoms with Crippen LogP contribution >= 0.6 is 0 Å². The fraction of sp³-hybridized carbons (Fsp3) is 0.600. The van der Waals surface area contributed by atoms with Crippen LogP contribution < -0.4 is 5.73 Å². The van der Waals surface area contributed by atoms with Gasteiger partial charge in [-0.3, -0.25) is 15.0 Å². The van der Waals surface area contributed by atoms with Crippen LogP contribution in [0, 0.1) is 16.0 Å². The Hall–Kier alpha value is -1.46. The predicted octanol–water partition coefficient (Wildman–Crippen LogP) is 2.72. The van der Waals surface area contributed by atoms with E-state index in [1.54, 1.807) is 12.1 Å². The molecule has 0 saturated carbocycles. The summed E-state index contributed by atoms with van der Waals surface area (Å²) in [5.74, 6) is 0.584. The van der Waals surface area contributed by atoms with E-state index in [4.69, 9.17) is 5.73 Å². The fourth-order valence-electron chi connectivity index (χ4n) is 3.02. The molecule has 0 aliphatic carbocycles. The molecule has 0 radical (unpaired) electrons. The van der Waals surface area contributed by atoms with E-state index < -0.39 is 0 Å². The smallest absolute Gasteiger partial charge is 0.269 e. The van der Waals surface area contributed by atoms with Crippen LogP contribution in [-0.2, 0) is 0 Å². The summed E-state index contributed by atoms with van der Waals surface area (Å²) in [6.07, 6.45) is 2.13. The summed E-state index contributed by atoms with van der Waals surface area (Å²) in [6.45, 7) is 6.46. The highest BCUT2D eigenvalue weighted by Gasteiger charge is 2.30. The Balaban J connectivity index is 2.23. The van der Waals surface area contributed by atoms with Crippen molar-refractivity contribution in [3.63, 3.8) is 0 Å². The minimum atomic E-state index is -0.365. The molecular formula is C15H23N3O2. The molecule has 2 unspecified atom stereocenters. The maximum absolute atomic E-state index is 10.7. The Morgan fingerprint density at radius 2 is 2.05 bits per heavy atom. The van der Waals surface area contributed by atoms with Crippen LogP contribution in [0.25, 0.3) is 0 Å². The van der Waals surface area contributed by atoms with Crippen LogP contribution in [0.2, 0.25) is 0 Å². The van der Waals surface area contributed by atoms with E-state index in [1.807, 2.05) is 12.1 Å². The Morgan fingerprint density at radius 1 is 1.40 bits per heavy atom. The highest BCUT2D eigenvalue weighted by molar-refractivity contribution is 5.35. The first-order valence-electron chi connectivity index (χ1n) is 7.23. The molecular weight excluding hydrogens is 254 g/mol. The van der Waals surface area contributed by atoms with Gasteiger partial charge in [0.25, 0.3) is 5.69 Å². The third kappa shape index (κ3) is 3.35. The number of nitrogens with zero attached hydrogens (tertiary/aromatic N) is 2. The molecule has 110 valence electrons. The number of nitro benzene ring substituents is 1. The second-order valence-corrected chi connectivity index (χ2v) is 5.99. The molecule has 2 atom stereocenters. The van der Waals surface area contributed by atoms with E-state index in [2.05, 4.69) is 18.7 Å². The first-order chi connectivity index (χ1) is 9.49. The van der Waals surface area contributed by atoms with E-state index in [-0.39, 0.29) is 22.7 Å². The molecule has 1 aromatic rings. The lowest BCUT2D eigenvalue weighted by atomic mass is 9.90. The SMILES string of the molecule is CC(C)CN1CCCC(N)C1c1ccc([N+](=O)[O-])cc1. The van der Waals surface area contributed by atoms with Crippen LogP contribution in [0.15, 0.2) is 24.3 Å². The van der Waals surface area contributed by atoms with Gasteiger partial charge in [-0.2, -0.15) is 0 Å². The molecule has 5 heteroatoms.